The minimum Gasteiger partial charge on any atom is -0.466 e. The highest BCUT2D eigenvalue weighted by Crippen LogP contribution is 2.22. The molecule has 54 heavy (non-hydrogen) atoms. The van der Waals surface area contributed by atoms with Gasteiger partial charge in [-0.25, -0.2) is 0 Å². The topological polar surface area (TPSA) is 76.1 Å². The first kappa shape index (κ1) is 52.9. The highest BCUT2D eigenvalue weighted by Gasteiger charge is 2.15. The summed E-state index contributed by atoms with van der Waals surface area (Å²) >= 11 is 0. The number of ether oxygens (including phenoxy) is 2. The second-order valence-electron chi connectivity index (χ2n) is 16.7. The summed E-state index contributed by atoms with van der Waals surface area (Å²) in [6.07, 6.45) is 41.0. The van der Waals surface area contributed by atoms with Crippen molar-refractivity contribution in [1.29, 1.82) is 0 Å². The van der Waals surface area contributed by atoms with Gasteiger partial charge in [-0.2, -0.15) is 0 Å². The molecule has 0 aliphatic rings. The molecule has 0 amide bonds. The van der Waals surface area contributed by atoms with Crippen LogP contribution in [0.2, 0.25) is 0 Å². The summed E-state index contributed by atoms with van der Waals surface area (Å²) in [5, 5.41) is 9.59. The van der Waals surface area contributed by atoms with Crippen LogP contribution in [0.4, 0.5) is 0 Å². The predicted molar refractivity (Wildman–Crippen MR) is 232 cm³/mol. The van der Waals surface area contributed by atoms with Gasteiger partial charge in [0.1, 0.15) is 6.10 Å². The van der Waals surface area contributed by atoms with Gasteiger partial charge in [-0.15, -0.1) is 0 Å². The third kappa shape index (κ3) is 37.8. The monoisotopic (exact) mass is 766 g/mol. The number of hydrogen-bond donors (Lipinski definition) is 1. The highest BCUT2D eigenvalue weighted by molar-refractivity contribution is 5.69. The number of aliphatic hydroxyl groups is 1. The van der Waals surface area contributed by atoms with Crippen LogP contribution in [0.3, 0.4) is 0 Å². The molecule has 6 heteroatoms. The summed E-state index contributed by atoms with van der Waals surface area (Å²) in [7, 11) is 0. The smallest absolute Gasteiger partial charge is 0.306 e. The van der Waals surface area contributed by atoms with Gasteiger partial charge >= 0.3 is 11.9 Å². The molecule has 0 aromatic rings. The van der Waals surface area contributed by atoms with E-state index in [0.29, 0.717) is 25.4 Å². The Morgan fingerprint density at radius 2 is 0.833 bits per heavy atom. The predicted octanol–water partition coefficient (Wildman–Crippen LogP) is 14.1. The van der Waals surface area contributed by atoms with Gasteiger partial charge in [0.15, 0.2) is 0 Å². The molecule has 0 bridgehead atoms. The quantitative estimate of drug-likeness (QED) is 0.0492. The van der Waals surface area contributed by atoms with E-state index in [1.165, 1.54) is 141 Å². The molecular formula is C48H95NO5. The molecule has 0 atom stereocenters. The molecule has 0 spiro atoms. The Morgan fingerprint density at radius 1 is 0.444 bits per heavy atom. The van der Waals surface area contributed by atoms with Crippen molar-refractivity contribution in [2.45, 2.75) is 259 Å². The van der Waals surface area contributed by atoms with Gasteiger partial charge in [0.25, 0.3) is 0 Å². The van der Waals surface area contributed by atoms with Crippen LogP contribution in [0.5, 0.6) is 0 Å². The first-order valence-corrected chi connectivity index (χ1v) is 24.2. The van der Waals surface area contributed by atoms with E-state index in [4.69, 9.17) is 9.47 Å². The standard InChI is InChI=1S/C48H95NO5/c1-5-9-13-15-19-27-35-46(36-28-20-16-14-10-6-2)54-48(52)38-30-22-18-24-32-41-49(42-43-50)40-31-23-17-21-29-37-47(51)53-44-39-45(33-25-11-7-3)34-26-12-8-4/h45-46,50H,5-44H2,1-4H3. The Balaban J connectivity index is 4.06. The molecule has 0 saturated heterocycles. The van der Waals surface area contributed by atoms with Gasteiger partial charge < -0.3 is 19.5 Å². The fraction of sp³-hybridized carbons (Fsp3) is 0.958. The van der Waals surface area contributed by atoms with E-state index in [1.54, 1.807) is 0 Å². The number of aliphatic hydroxyl groups excluding tert-OH is 1. The van der Waals surface area contributed by atoms with Crippen LogP contribution in [0.25, 0.3) is 0 Å². The summed E-state index contributed by atoms with van der Waals surface area (Å²) in [6, 6.07) is 0. The molecule has 322 valence electrons. The fourth-order valence-electron chi connectivity index (χ4n) is 7.77. The van der Waals surface area contributed by atoms with Crippen molar-refractivity contribution in [2.75, 3.05) is 32.8 Å². The van der Waals surface area contributed by atoms with Crippen LogP contribution in [0.15, 0.2) is 0 Å². The second-order valence-corrected chi connectivity index (χ2v) is 16.7. The summed E-state index contributed by atoms with van der Waals surface area (Å²) in [5.74, 6) is 0.706. The normalized spacial score (nSPS) is 11.7. The maximum Gasteiger partial charge on any atom is 0.306 e. The number of hydrogen-bond acceptors (Lipinski definition) is 6. The molecule has 0 rings (SSSR count). The number of nitrogens with zero attached hydrogens (tertiary/aromatic N) is 1. The molecule has 1 N–H and O–H groups in total. The van der Waals surface area contributed by atoms with E-state index in [1.807, 2.05) is 0 Å². The van der Waals surface area contributed by atoms with E-state index in [2.05, 4.69) is 32.6 Å². The molecular weight excluding hydrogens is 671 g/mol. The van der Waals surface area contributed by atoms with Gasteiger partial charge in [-0.1, -0.05) is 182 Å². The van der Waals surface area contributed by atoms with Crippen molar-refractivity contribution >= 4 is 11.9 Å². The third-order valence-corrected chi connectivity index (χ3v) is 11.4. The van der Waals surface area contributed by atoms with E-state index >= 15 is 0 Å². The second kappa shape index (κ2) is 43.0. The molecule has 0 aliphatic carbocycles. The van der Waals surface area contributed by atoms with Crippen LogP contribution in [0.1, 0.15) is 252 Å². The molecule has 0 fully saturated rings. The maximum absolute atomic E-state index is 12.7. The Labute approximate surface area is 337 Å². The summed E-state index contributed by atoms with van der Waals surface area (Å²) < 4.78 is 11.6. The molecule has 0 aromatic carbocycles. The largest absolute Gasteiger partial charge is 0.466 e. The lowest BCUT2D eigenvalue weighted by atomic mass is 9.92. The van der Waals surface area contributed by atoms with Crippen molar-refractivity contribution in [1.82, 2.24) is 4.90 Å². The molecule has 0 unspecified atom stereocenters. The van der Waals surface area contributed by atoms with Crippen molar-refractivity contribution in [3.8, 4) is 0 Å². The zero-order chi connectivity index (χ0) is 39.6. The van der Waals surface area contributed by atoms with Gasteiger partial charge in [-0.05, 0) is 76.8 Å². The Hall–Kier alpha value is -1.14. The molecule has 0 aliphatic heterocycles. The first-order valence-electron chi connectivity index (χ1n) is 24.2. The lowest BCUT2D eigenvalue weighted by Gasteiger charge is -2.21. The number of rotatable bonds is 44. The lowest BCUT2D eigenvalue weighted by Crippen LogP contribution is -2.29. The van der Waals surface area contributed by atoms with Crippen LogP contribution in [0, 0.1) is 5.92 Å². The van der Waals surface area contributed by atoms with Crippen molar-refractivity contribution in [3.05, 3.63) is 0 Å². The maximum atomic E-state index is 12.7. The van der Waals surface area contributed by atoms with Crippen molar-refractivity contribution in [2.24, 2.45) is 5.92 Å². The number of carbonyl (C=O) groups excluding carboxylic acids is 2. The van der Waals surface area contributed by atoms with E-state index in [9.17, 15) is 14.7 Å². The summed E-state index contributed by atoms with van der Waals surface area (Å²) in [6.45, 7) is 12.7. The Bertz CT molecular complexity index is 750. The Morgan fingerprint density at radius 3 is 1.31 bits per heavy atom. The van der Waals surface area contributed by atoms with Gasteiger partial charge in [-0.3, -0.25) is 9.59 Å². The fourth-order valence-corrected chi connectivity index (χ4v) is 7.77. The average molecular weight is 766 g/mol. The van der Waals surface area contributed by atoms with Crippen LogP contribution >= 0.6 is 0 Å². The van der Waals surface area contributed by atoms with Crippen LogP contribution in [-0.4, -0.2) is 60.9 Å². The minimum absolute atomic E-state index is 0.0145. The SMILES string of the molecule is CCCCCCCCC(CCCCCCCC)OC(=O)CCCCCCCN(CCO)CCCCCCCC(=O)OCCC(CCCCC)CCCCC. The van der Waals surface area contributed by atoms with Crippen molar-refractivity contribution < 1.29 is 24.2 Å². The molecule has 0 aromatic heterocycles. The lowest BCUT2D eigenvalue weighted by molar-refractivity contribution is -0.150. The number of carbonyl (C=O) groups is 2. The average Bonchev–Trinajstić information content (AvgIpc) is 3.16. The molecule has 6 nitrogen and oxygen atoms in total. The van der Waals surface area contributed by atoms with Gasteiger partial charge in [0.05, 0.1) is 13.2 Å². The number of esters is 2. The van der Waals surface area contributed by atoms with E-state index in [0.717, 1.165) is 90.3 Å². The van der Waals surface area contributed by atoms with E-state index in [-0.39, 0.29) is 24.6 Å². The molecule has 0 saturated carbocycles. The first-order chi connectivity index (χ1) is 26.5. The van der Waals surface area contributed by atoms with Crippen molar-refractivity contribution in [3.63, 3.8) is 0 Å². The molecule has 0 radical (unpaired) electrons. The zero-order valence-electron chi connectivity index (χ0n) is 37.0. The van der Waals surface area contributed by atoms with Crippen LogP contribution in [-0.2, 0) is 19.1 Å². The Kier molecular flexibility index (Phi) is 42.1. The number of unbranched alkanes of at least 4 members (excludes halogenated alkanes) is 22. The summed E-state index contributed by atoms with van der Waals surface area (Å²) in [4.78, 5) is 27.4. The summed E-state index contributed by atoms with van der Waals surface area (Å²) in [5.41, 5.74) is 0. The molecule has 0 heterocycles. The van der Waals surface area contributed by atoms with Gasteiger partial charge in [0, 0.05) is 19.4 Å². The third-order valence-electron chi connectivity index (χ3n) is 11.4. The van der Waals surface area contributed by atoms with Gasteiger partial charge in [0.2, 0.25) is 0 Å². The zero-order valence-corrected chi connectivity index (χ0v) is 37.0. The van der Waals surface area contributed by atoms with E-state index < -0.39 is 0 Å². The highest BCUT2D eigenvalue weighted by atomic mass is 16.5. The minimum atomic E-state index is -0.0174. The van der Waals surface area contributed by atoms with Crippen LogP contribution < -0.4 is 0 Å².